The number of benzene rings is 1. The molecular formula is C18H17N3O3. The van der Waals surface area contributed by atoms with Crippen LogP contribution in [0.2, 0.25) is 0 Å². The molecule has 2 rings (SSSR count). The van der Waals surface area contributed by atoms with Gasteiger partial charge in [0.25, 0.3) is 5.56 Å². The lowest BCUT2D eigenvalue weighted by molar-refractivity contribution is 0.140. The smallest absolute Gasteiger partial charge is 0.407 e. The number of alkyl carbamates (subject to hydrolysis) is 1. The molecule has 0 unspecified atom stereocenters. The molecule has 0 aliphatic rings. The van der Waals surface area contributed by atoms with Gasteiger partial charge in [-0.25, -0.2) is 4.79 Å². The van der Waals surface area contributed by atoms with E-state index in [-0.39, 0.29) is 12.2 Å². The van der Waals surface area contributed by atoms with Gasteiger partial charge in [0.15, 0.2) is 0 Å². The monoisotopic (exact) mass is 323 g/mol. The first-order chi connectivity index (χ1) is 11.7. The molecule has 0 radical (unpaired) electrons. The van der Waals surface area contributed by atoms with E-state index in [1.807, 2.05) is 42.5 Å². The van der Waals surface area contributed by atoms with Crippen LogP contribution < -0.4 is 10.9 Å². The van der Waals surface area contributed by atoms with Gasteiger partial charge in [-0.2, -0.15) is 5.26 Å². The first-order valence-corrected chi connectivity index (χ1v) is 7.43. The second-order valence-corrected chi connectivity index (χ2v) is 4.97. The SMILES string of the molecule is N#Cc1cc(C=CCCNC(=O)OCc2ccccc2)c[nH]c1=O. The lowest BCUT2D eigenvalue weighted by Gasteiger charge is -2.05. The highest BCUT2D eigenvalue weighted by atomic mass is 16.5. The van der Waals surface area contributed by atoms with Gasteiger partial charge < -0.3 is 15.0 Å². The molecule has 1 aromatic carbocycles. The molecular weight excluding hydrogens is 306 g/mol. The molecule has 1 heterocycles. The number of pyridine rings is 1. The number of hydrogen-bond acceptors (Lipinski definition) is 4. The highest BCUT2D eigenvalue weighted by molar-refractivity contribution is 5.67. The molecule has 0 aliphatic heterocycles. The molecule has 0 fully saturated rings. The van der Waals surface area contributed by atoms with Crippen LogP contribution >= 0.6 is 0 Å². The number of H-pyrrole nitrogens is 1. The van der Waals surface area contributed by atoms with E-state index in [1.165, 1.54) is 12.3 Å². The summed E-state index contributed by atoms with van der Waals surface area (Å²) in [5, 5.41) is 11.4. The van der Waals surface area contributed by atoms with Crippen LogP contribution in [0.1, 0.15) is 23.1 Å². The molecule has 1 aromatic heterocycles. The van der Waals surface area contributed by atoms with Crippen LogP contribution in [0, 0.1) is 11.3 Å². The van der Waals surface area contributed by atoms with Gasteiger partial charge in [-0.1, -0.05) is 42.5 Å². The van der Waals surface area contributed by atoms with Crippen LogP contribution in [0.25, 0.3) is 6.08 Å². The fourth-order valence-corrected chi connectivity index (χ4v) is 1.93. The number of carbonyl (C=O) groups is 1. The number of hydrogen-bond donors (Lipinski definition) is 2. The van der Waals surface area contributed by atoms with Crippen molar-refractivity contribution >= 4 is 12.2 Å². The summed E-state index contributed by atoms with van der Waals surface area (Å²) in [6.45, 7) is 0.662. The zero-order valence-electron chi connectivity index (χ0n) is 13.0. The summed E-state index contributed by atoms with van der Waals surface area (Å²) in [6.07, 6.45) is 5.27. The number of amides is 1. The normalized spacial score (nSPS) is 10.3. The molecule has 122 valence electrons. The molecule has 0 aliphatic carbocycles. The van der Waals surface area contributed by atoms with Crippen LogP contribution in [0.15, 0.2) is 53.5 Å². The van der Waals surface area contributed by atoms with Crippen LogP contribution in [0.4, 0.5) is 4.79 Å². The second-order valence-electron chi connectivity index (χ2n) is 4.97. The molecule has 2 N–H and O–H groups in total. The van der Waals surface area contributed by atoms with E-state index < -0.39 is 11.7 Å². The third-order valence-electron chi connectivity index (χ3n) is 3.15. The Balaban J connectivity index is 1.70. The second kappa shape index (κ2) is 8.96. The number of ether oxygens (including phenoxy) is 1. The van der Waals surface area contributed by atoms with Gasteiger partial charge in [-0.15, -0.1) is 0 Å². The fourth-order valence-electron chi connectivity index (χ4n) is 1.93. The van der Waals surface area contributed by atoms with Crippen LogP contribution in [0.5, 0.6) is 0 Å². The summed E-state index contributed by atoms with van der Waals surface area (Å²) in [5.74, 6) is 0. The Labute approximate surface area is 139 Å². The molecule has 0 spiro atoms. The summed E-state index contributed by atoms with van der Waals surface area (Å²) in [6, 6.07) is 12.8. The summed E-state index contributed by atoms with van der Waals surface area (Å²) in [5.41, 5.74) is 1.31. The van der Waals surface area contributed by atoms with E-state index in [0.717, 1.165) is 11.1 Å². The first-order valence-electron chi connectivity index (χ1n) is 7.43. The topological polar surface area (TPSA) is 95.0 Å². The van der Waals surface area contributed by atoms with Crippen molar-refractivity contribution in [3.8, 4) is 6.07 Å². The molecule has 0 bridgehead atoms. The molecule has 0 saturated heterocycles. The summed E-state index contributed by atoms with van der Waals surface area (Å²) in [4.78, 5) is 25.3. The quantitative estimate of drug-likeness (QED) is 0.799. The van der Waals surface area contributed by atoms with E-state index in [0.29, 0.717) is 13.0 Å². The van der Waals surface area contributed by atoms with Gasteiger partial charge >= 0.3 is 6.09 Å². The molecule has 6 nitrogen and oxygen atoms in total. The molecule has 6 heteroatoms. The molecule has 1 amide bonds. The third kappa shape index (κ3) is 5.46. The Bertz CT molecular complexity index is 804. The fraction of sp³-hybridized carbons (Fsp3) is 0.167. The lowest BCUT2D eigenvalue weighted by Crippen LogP contribution is -2.24. The average molecular weight is 323 g/mol. The van der Waals surface area contributed by atoms with Crippen molar-refractivity contribution in [3.63, 3.8) is 0 Å². The maximum absolute atomic E-state index is 11.5. The number of carbonyl (C=O) groups excluding carboxylic acids is 1. The van der Waals surface area contributed by atoms with E-state index in [1.54, 1.807) is 6.08 Å². The van der Waals surface area contributed by atoms with Crippen molar-refractivity contribution in [1.29, 1.82) is 5.26 Å². The summed E-state index contributed by atoms with van der Waals surface area (Å²) >= 11 is 0. The molecule has 2 aromatic rings. The van der Waals surface area contributed by atoms with E-state index in [4.69, 9.17) is 10.00 Å². The van der Waals surface area contributed by atoms with Crippen LogP contribution in [-0.2, 0) is 11.3 Å². The van der Waals surface area contributed by atoms with E-state index in [2.05, 4.69) is 10.3 Å². The molecule has 24 heavy (non-hydrogen) atoms. The number of aromatic nitrogens is 1. The van der Waals surface area contributed by atoms with Crippen molar-refractivity contribution in [1.82, 2.24) is 10.3 Å². The van der Waals surface area contributed by atoms with E-state index in [9.17, 15) is 9.59 Å². The minimum atomic E-state index is -0.469. The van der Waals surface area contributed by atoms with Crippen molar-refractivity contribution < 1.29 is 9.53 Å². The zero-order chi connectivity index (χ0) is 17.2. The van der Waals surface area contributed by atoms with Crippen molar-refractivity contribution in [2.75, 3.05) is 6.54 Å². The molecule has 0 atom stereocenters. The minimum absolute atomic E-state index is 0.0692. The van der Waals surface area contributed by atoms with E-state index >= 15 is 0 Å². The first kappa shape index (κ1) is 17.0. The summed E-state index contributed by atoms with van der Waals surface area (Å²) < 4.78 is 5.09. The minimum Gasteiger partial charge on any atom is -0.445 e. The number of nitriles is 1. The Hall–Kier alpha value is -3.33. The third-order valence-corrected chi connectivity index (χ3v) is 3.15. The van der Waals surface area contributed by atoms with Crippen LogP contribution in [-0.4, -0.2) is 17.6 Å². The zero-order valence-corrected chi connectivity index (χ0v) is 13.0. The Morgan fingerprint density at radius 3 is 2.88 bits per heavy atom. The van der Waals surface area contributed by atoms with Gasteiger partial charge in [-0.05, 0) is 23.6 Å². The standard InChI is InChI=1S/C18H17N3O3/c19-11-16-10-15(12-21-17(16)22)8-4-5-9-20-18(23)24-13-14-6-2-1-3-7-14/h1-4,6-8,10,12H,5,9,13H2,(H,20,23)(H,21,22). The van der Waals surface area contributed by atoms with Gasteiger partial charge in [-0.3, -0.25) is 4.79 Å². The average Bonchev–Trinajstić information content (AvgIpc) is 2.62. The maximum Gasteiger partial charge on any atom is 0.407 e. The number of nitrogens with zero attached hydrogens (tertiary/aromatic N) is 1. The Morgan fingerprint density at radius 1 is 1.33 bits per heavy atom. The lowest BCUT2D eigenvalue weighted by atomic mass is 10.2. The number of aromatic amines is 1. The molecule has 0 saturated carbocycles. The Morgan fingerprint density at radius 2 is 2.12 bits per heavy atom. The van der Waals surface area contributed by atoms with Crippen molar-refractivity contribution in [3.05, 3.63) is 75.7 Å². The summed E-state index contributed by atoms with van der Waals surface area (Å²) in [7, 11) is 0. The van der Waals surface area contributed by atoms with Crippen molar-refractivity contribution in [2.24, 2.45) is 0 Å². The predicted molar refractivity (Wildman–Crippen MR) is 90.1 cm³/mol. The van der Waals surface area contributed by atoms with Gasteiger partial charge in [0.1, 0.15) is 18.2 Å². The maximum atomic E-state index is 11.5. The van der Waals surface area contributed by atoms with Gasteiger partial charge in [0, 0.05) is 12.7 Å². The van der Waals surface area contributed by atoms with Gasteiger partial charge in [0.05, 0.1) is 0 Å². The largest absolute Gasteiger partial charge is 0.445 e. The highest BCUT2D eigenvalue weighted by Crippen LogP contribution is 2.02. The van der Waals surface area contributed by atoms with Crippen molar-refractivity contribution in [2.45, 2.75) is 13.0 Å². The highest BCUT2D eigenvalue weighted by Gasteiger charge is 2.01. The van der Waals surface area contributed by atoms with Gasteiger partial charge in [0.2, 0.25) is 0 Å². The van der Waals surface area contributed by atoms with Crippen LogP contribution in [0.3, 0.4) is 0 Å². The Kier molecular flexibility index (Phi) is 6.35. The number of nitrogens with one attached hydrogen (secondary N) is 2. The predicted octanol–water partition coefficient (Wildman–Crippen LogP) is 2.58. The number of rotatable bonds is 6.